The minimum Gasteiger partial charge on any atom is -0.412 e. The van der Waals surface area contributed by atoms with E-state index in [-0.39, 0.29) is 7.43 Å². The Balaban J connectivity index is 0.00000256. The van der Waals surface area contributed by atoms with E-state index >= 15 is 0 Å². The normalized spacial score (nSPS) is 15.1. The summed E-state index contributed by atoms with van der Waals surface area (Å²) in [7, 11) is 3.50. The number of nitrogens with one attached hydrogen (secondary N) is 1. The second kappa shape index (κ2) is 9.18. The summed E-state index contributed by atoms with van der Waals surface area (Å²) in [5.74, 6) is 0.399. The second-order valence-electron chi connectivity index (χ2n) is 6.81. The van der Waals surface area contributed by atoms with Crippen LogP contribution in [0.3, 0.4) is 0 Å². The van der Waals surface area contributed by atoms with Crippen LogP contribution >= 0.6 is 23.2 Å². The van der Waals surface area contributed by atoms with Crippen LogP contribution < -0.4 is 15.8 Å². The monoisotopic (exact) mass is 450 g/mol. The third kappa shape index (κ3) is 4.22. The lowest BCUT2D eigenvalue weighted by Gasteiger charge is -2.32. The summed E-state index contributed by atoms with van der Waals surface area (Å²) >= 11 is 12.6. The van der Waals surface area contributed by atoms with Gasteiger partial charge in [0.1, 0.15) is 7.11 Å². The molecule has 3 heterocycles. The van der Waals surface area contributed by atoms with Crippen LogP contribution in [0.4, 0.5) is 5.95 Å². The van der Waals surface area contributed by atoms with Gasteiger partial charge >= 0.3 is 0 Å². The van der Waals surface area contributed by atoms with Crippen LogP contribution in [-0.2, 0) is 0 Å². The van der Waals surface area contributed by atoms with Crippen molar-refractivity contribution < 1.29 is 4.84 Å². The number of likely N-dealkylation sites (N-methyl/N-ethyl adjacent to an activating group) is 1. The van der Waals surface area contributed by atoms with Gasteiger partial charge in [0.25, 0.3) is 5.56 Å². The average Bonchev–Trinajstić information content (AvgIpc) is 2.70. The van der Waals surface area contributed by atoms with Crippen molar-refractivity contribution in [2.45, 2.75) is 7.43 Å². The Labute approximate surface area is 184 Å². The first kappa shape index (κ1) is 22.3. The van der Waals surface area contributed by atoms with Crippen LogP contribution in [0, 0.1) is 0 Å². The summed E-state index contributed by atoms with van der Waals surface area (Å²) in [6.45, 7) is 3.59. The minimum atomic E-state index is -0.403. The zero-order valence-corrected chi connectivity index (χ0v) is 17.5. The molecule has 10 heteroatoms. The number of nitrogens with zero attached hydrogens (tertiary/aromatic N) is 5. The maximum Gasteiger partial charge on any atom is 0.293 e. The molecular formula is C20H24Cl2N6O2. The molecule has 1 aromatic carbocycles. The molecular weight excluding hydrogens is 427 g/mol. The fourth-order valence-corrected chi connectivity index (χ4v) is 3.89. The number of benzene rings is 1. The molecule has 1 fully saturated rings. The van der Waals surface area contributed by atoms with Crippen molar-refractivity contribution in [1.29, 1.82) is 0 Å². The van der Waals surface area contributed by atoms with Gasteiger partial charge in [-0.3, -0.25) is 10.2 Å². The summed E-state index contributed by atoms with van der Waals surface area (Å²) in [5.41, 5.74) is 3.92. The predicted molar refractivity (Wildman–Crippen MR) is 121 cm³/mol. The summed E-state index contributed by atoms with van der Waals surface area (Å²) < 4.78 is 1.13. The van der Waals surface area contributed by atoms with Gasteiger partial charge in [0.15, 0.2) is 5.65 Å². The van der Waals surface area contributed by atoms with Gasteiger partial charge < -0.3 is 9.74 Å². The Morgan fingerprint density at radius 3 is 2.43 bits per heavy atom. The Kier molecular flexibility index (Phi) is 6.82. The van der Waals surface area contributed by atoms with Crippen molar-refractivity contribution in [3.05, 3.63) is 50.9 Å². The van der Waals surface area contributed by atoms with Gasteiger partial charge in [0.05, 0.1) is 15.6 Å². The Bertz CT molecular complexity index is 1090. The molecule has 0 radical (unpaired) electrons. The maximum absolute atomic E-state index is 13.1. The van der Waals surface area contributed by atoms with E-state index in [2.05, 4.69) is 27.3 Å². The van der Waals surface area contributed by atoms with E-state index in [9.17, 15) is 4.79 Å². The number of hydrogen-bond acceptors (Lipinski definition) is 7. The highest BCUT2D eigenvalue weighted by molar-refractivity contribution is 6.39. The van der Waals surface area contributed by atoms with Gasteiger partial charge in [-0.05, 0) is 25.2 Å². The van der Waals surface area contributed by atoms with Crippen LogP contribution in [0.25, 0.3) is 22.2 Å². The van der Waals surface area contributed by atoms with Gasteiger partial charge in [-0.2, -0.15) is 4.98 Å². The molecule has 0 aliphatic carbocycles. The molecule has 1 aliphatic rings. The maximum atomic E-state index is 13.1. The summed E-state index contributed by atoms with van der Waals surface area (Å²) in [4.78, 5) is 29.6. The molecule has 30 heavy (non-hydrogen) atoms. The molecule has 160 valence electrons. The molecule has 0 saturated carbocycles. The highest BCUT2D eigenvalue weighted by Gasteiger charge is 2.19. The predicted octanol–water partition coefficient (Wildman–Crippen LogP) is 3.03. The molecule has 0 unspecified atom stereocenters. The molecule has 1 N–H and O–H groups in total. The SMILES string of the molecule is C.COn1c(=O)c(-c2c(Cl)cccc2Cl)cc2cnc(NN3CCN(C)CC3)nc21. The highest BCUT2D eigenvalue weighted by Crippen LogP contribution is 2.33. The summed E-state index contributed by atoms with van der Waals surface area (Å²) in [5, 5.41) is 3.44. The number of rotatable bonds is 4. The number of hydrazine groups is 1. The van der Waals surface area contributed by atoms with E-state index in [1.54, 1.807) is 30.5 Å². The molecule has 2 aromatic heterocycles. The zero-order chi connectivity index (χ0) is 20.5. The van der Waals surface area contributed by atoms with Crippen LogP contribution in [0.15, 0.2) is 35.3 Å². The molecule has 8 nitrogen and oxygen atoms in total. The first-order chi connectivity index (χ1) is 14.0. The smallest absolute Gasteiger partial charge is 0.293 e. The third-order valence-corrected chi connectivity index (χ3v) is 5.51. The van der Waals surface area contributed by atoms with E-state index in [4.69, 9.17) is 28.0 Å². The molecule has 1 aliphatic heterocycles. The molecule has 0 bridgehead atoms. The molecule has 0 spiro atoms. The number of aromatic nitrogens is 3. The number of hydrogen-bond donors (Lipinski definition) is 1. The standard InChI is InChI=1S/C19H20Cl2N6O2.CH4/c1-25-6-8-26(9-7-25)24-19-22-11-12-10-13(16-14(20)4-3-5-15(16)21)18(28)27(29-2)17(12)23-19;/h3-5,10-11H,6-9H2,1-2H3,(H,22,23,24);1H4. The van der Waals surface area contributed by atoms with Gasteiger partial charge in [0.2, 0.25) is 5.95 Å². The quantitative estimate of drug-likeness (QED) is 0.654. The minimum absolute atomic E-state index is 0. The molecule has 1 saturated heterocycles. The lowest BCUT2D eigenvalue weighted by atomic mass is 10.1. The van der Waals surface area contributed by atoms with Crippen molar-refractivity contribution in [2.75, 3.05) is 45.8 Å². The number of fused-ring (bicyclic) bond motifs is 1. The van der Waals surface area contributed by atoms with Crippen LogP contribution in [0.2, 0.25) is 10.0 Å². The van der Waals surface area contributed by atoms with Gasteiger partial charge in [-0.15, -0.1) is 4.73 Å². The van der Waals surface area contributed by atoms with Crippen LogP contribution in [0.1, 0.15) is 7.43 Å². The highest BCUT2D eigenvalue weighted by atomic mass is 35.5. The van der Waals surface area contributed by atoms with Crippen molar-refractivity contribution in [3.8, 4) is 11.1 Å². The van der Waals surface area contributed by atoms with Crippen LogP contribution in [0.5, 0.6) is 0 Å². The first-order valence-electron chi connectivity index (χ1n) is 9.09. The lowest BCUT2D eigenvalue weighted by molar-refractivity contribution is 0.167. The van der Waals surface area contributed by atoms with E-state index in [0.717, 1.165) is 30.9 Å². The molecule has 0 amide bonds. The van der Waals surface area contributed by atoms with E-state index < -0.39 is 5.56 Å². The topological polar surface area (TPSA) is 75.5 Å². The third-order valence-electron chi connectivity index (χ3n) is 4.88. The van der Waals surface area contributed by atoms with Gasteiger partial charge in [-0.25, -0.2) is 9.99 Å². The summed E-state index contributed by atoms with van der Waals surface area (Å²) in [6.07, 6.45) is 1.64. The van der Waals surface area contributed by atoms with Crippen LogP contribution in [-0.4, -0.2) is 64.9 Å². The number of piperazine rings is 1. The average molecular weight is 451 g/mol. The Hall–Kier alpha value is -2.39. The molecule has 4 rings (SSSR count). The fourth-order valence-electron chi connectivity index (χ4n) is 3.29. The van der Waals surface area contributed by atoms with Crippen molar-refractivity contribution >= 4 is 40.2 Å². The number of halogens is 2. The molecule has 0 atom stereocenters. The van der Waals surface area contributed by atoms with E-state index in [0.29, 0.717) is 38.2 Å². The van der Waals surface area contributed by atoms with Crippen molar-refractivity contribution in [1.82, 2.24) is 24.6 Å². The molecule has 3 aromatic rings. The second-order valence-corrected chi connectivity index (χ2v) is 7.63. The Morgan fingerprint density at radius 2 is 1.80 bits per heavy atom. The zero-order valence-electron chi connectivity index (χ0n) is 16.0. The number of pyridine rings is 1. The largest absolute Gasteiger partial charge is 0.412 e. The van der Waals surface area contributed by atoms with E-state index in [1.807, 2.05) is 5.01 Å². The van der Waals surface area contributed by atoms with E-state index in [1.165, 1.54) is 7.11 Å². The lowest BCUT2D eigenvalue weighted by Crippen LogP contribution is -2.47. The Morgan fingerprint density at radius 1 is 1.13 bits per heavy atom. The van der Waals surface area contributed by atoms with Crippen molar-refractivity contribution in [3.63, 3.8) is 0 Å². The number of anilines is 1. The van der Waals surface area contributed by atoms with Gasteiger partial charge in [0, 0.05) is 43.3 Å². The first-order valence-corrected chi connectivity index (χ1v) is 9.85. The summed E-state index contributed by atoms with van der Waals surface area (Å²) in [6, 6.07) is 6.77. The van der Waals surface area contributed by atoms with Gasteiger partial charge in [-0.1, -0.05) is 36.7 Å². The van der Waals surface area contributed by atoms with Crippen molar-refractivity contribution in [2.24, 2.45) is 0 Å². The fraction of sp³-hybridized carbons (Fsp3) is 0.350.